The highest BCUT2D eigenvalue weighted by Gasteiger charge is 2.23. The van der Waals surface area contributed by atoms with Crippen LogP contribution in [0.4, 0.5) is 5.13 Å². The van der Waals surface area contributed by atoms with Crippen LogP contribution >= 0.6 is 11.3 Å². The fraction of sp³-hybridized carbons (Fsp3) is 0.526. The van der Waals surface area contributed by atoms with Gasteiger partial charge in [-0.3, -0.25) is 4.90 Å². The summed E-state index contributed by atoms with van der Waals surface area (Å²) in [7, 11) is 0. The highest BCUT2D eigenvalue weighted by molar-refractivity contribution is 7.13. The molecule has 1 aromatic heterocycles. The lowest BCUT2D eigenvalue weighted by Crippen LogP contribution is -2.38. The summed E-state index contributed by atoms with van der Waals surface area (Å²) < 4.78 is 5.72. The Kier molecular flexibility index (Phi) is 5.11. The molecule has 5 heteroatoms. The van der Waals surface area contributed by atoms with Crippen molar-refractivity contribution < 1.29 is 4.74 Å². The third-order valence-electron chi connectivity index (χ3n) is 4.95. The van der Waals surface area contributed by atoms with Crippen LogP contribution in [0.3, 0.4) is 0 Å². The molecule has 1 N–H and O–H groups in total. The molecule has 4 rings (SSSR count). The minimum Gasteiger partial charge on any atom is -0.372 e. The summed E-state index contributed by atoms with van der Waals surface area (Å²) in [5, 5.41) is 6.85. The van der Waals surface area contributed by atoms with Crippen molar-refractivity contribution in [3.05, 3.63) is 47.0 Å². The third-order valence-corrected chi connectivity index (χ3v) is 5.74. The van der Waals surface area contributed by atoms with Crippen LogP contribution in [-0.2, 0) is 11.3 Å². The molecule has 0 amide bonds. The average Bonchev–Trinajstić information content (AvgIpc) is 3.29. The van der Waals surface area contributed by atoms with Crippen molar-refractivity contribution in [2.45, 2.75) is 44.4 Å². The van der Waals surface area contributed by atoms with Crippen molar-refractivity contribution in [3.8, 4) is 0 Å². The van der Waals surface area contributed by atoms with E-state index in [9.17, 15) is 0 Å². The van der Waals surface area contributed by atoms with Crippen molar-refractivity contribution in [1.82, 2.24) is 9.88 Å². The maximum atomic E-state index is 5.72. The zero-order chi connectivity index (χ0) is 16.2. The Labute approximate surface area is 147 Å². The second kappa shape index (κ2) is 7.64. The second-order valence-corrected chi connectivity index (χ2v) is 7.62. The predicted octanol–water partition coefficient (Wildman–Crippen LogP) is 4.07. The molecule has 2 fully saturated rings. The molecular formula is C19H25N3OS. The molecule has 4 nitrogen and oxygen atoms in total. The first-order valence-electron chi connectivity index (χ1n) is 8.97. The first-order chi connectivity index (χ1) is 11.9. The number of rotatable bonds is 5. The molecule has 2 saturated heterocycles. The standard InChI is InChI=1S/C19H25N3OS/c1-2-5-15(6-3-1)13-22-10-8-16(9-11-22)20-19-21-17(14-24-19)18-7-4-12-23-18/h1-3,5-6,14,16,18H,4,7-13H2,(H,20,21). The van der Waals surface area contributed by atoms with E-state index in [0.717, 1.165) is 49.9 Å². The van der Waals surface area contributed by atoms with Crippen molar-refractivity contribution in [1.29, 1.82) is 0 Å². The quantitative estimate of drug-likeness (QED) is 0.888. The van der Waals surface area contributed by atoms with Gasteiger partial charge < -0.3 is 10.1 Å². The summed E-state index contributed by atoms with van der Waals surface area (Å²) >= 11 is 1.72. The van der Waals surface area contributed by atoms with Gasteiger partial charge in [0.25, 0.3) is 0 Å². The molecule has 0 saturated carbocycles. The monoisotopic (exact) mass is 343 g/mol. The molecule has 1 aromatic carbocycles. The van der Waals surface area contributed by atoms with E-state index in [1.165, 1.54) is 18.4 Å². The molecule has 0 radical (unpaired) electrons. The number of hydrogen-bond acceptors (Lipinski definition) is 5. The van der Waals surface area contributed by atoms with Crippen LogP contribution in [0.1, 0.15) is 43.0 Å². The van der Waals surface area contributed by atoms with Gasteiger partial charge in [-0.1, -0.05) is 30.3 Å². The molecule has 2 aliphatic rings. The molecule has 128 valence electrons. The van der Waals surface area contributed by atoms with Crippen molar-refractivity contribution >= 4 is 16.5 Å². The van der Waals surface area contributed by atoms with Gasteiger partial charge in [-0.15, -0.1) is 11.3 Å². The SMILES string of the molecule is c1ccc(CN2CCC(Nc3nc(C4CCCO4)cs3)CC2)cc1. The number of nitrogens with one attached hydrogen (secondary N) is 1. The van der Waals surface area contributed by atoms with Crippen molar-refractivity contribution in [2.75, 3.05) is 25.0 Å². The topological polar surface area (TPSA) is 37.4 Å². The van der Waals surface area contributed by atoms with Crippen LogP contribution in [0.2, 0.25) is 0 Å². The normalized spacial score (nSPS) is 22.8. The molecule has 24 heavy (non-hydrogen) atoms. The van der Waals surface area contributed by atoms with E-state index in [4.69, 9.17) is 9.72 Å². The van der Waals surface area contributed by atoms with Crippen LogP contribution in [-0.4, -0.2) is 35.6 Å². The van der Waals surface area contributed by atoms with Crippen molar-refractivity contribution in [2.24, 2.45) is 0 Å². The summed E-state index contributed by atoms with van der Waals surface area (Å²) in [5.74, 6) is 0. The number of benzene rings is 1. The van der Waals surface area contributed by atoms with Crippen LogP contribution < -0.4 is 5.32 Å². The van der Waals surface area contributed by atoms with E-state index in [2.05, 4.69) is 45.9 Å². The lowest BCUT2D eigenvalue weighted by atomic mass is 10.0. The Morgan fingerprint density at radius 1 is 1.17 bits per heavy atom. The fourth-order valence-electron chi connectivity index (χ4n) is 3.56. The van der Waals surface area contributed by atoms with Gasteiger partial charge in [-0.05, 0) is 31.2 Å². The number of anilines is 1. The predicted molar refractivity (Wildman–Crippen MR) is 98.4 cm³/mol. The van der Waals surface area contributed by atoms with Gasteiger partial charge in [0, 0.05) is 37.7 Å². The number of ether oxygens (including phenoxy) is 1. The highest BCUT2D eigenvalue weighted by atomic mass is 32.1. The highest BCUT2D eigenvalue weighted by Crippen LogP contribution is 2.31. The van der Waals surface area contributed by atoms with Crippen LogP contribution in [0.15, 0.2) is 35.7 Å². The van der Waals surface area contributed by atoms with Crippen LogP contribution in [0, 0.1) is 0 Å². The third kappa shape index (κ3) is 3.97. The van der Waals surface area contributed by atoms with Gasteiger partial charge >= 0.3 is 0 Å². The Hall–Kier alpha value is -1.43. The molecule has 2 aromatic rings. The lowest BCUT2D eigenvalue weighted by molar-refractivity contribution is 0.109. The van der Waals surface area contributed by atoms with Crippen molar-refractivity contribution in [3.63, 3.8) is 0 Å². The molecular weight excluding hydrogens is 318 g/mol. The van der Waals surface area contributed by atoms with Gasteiger partial charge in [0.15, 0.2) is 5.13 Å². The molecule has 0 bridgehead atoms. The number of hydrogen-bond donors (Lipinski definition) is 1. The van der Waals surface area contributed by atoms with Gasteiger partial charge in [-0.25, -0.2) is 4.98 Å². The smallest absolute Gasteiger partial charge is 0.183 e. The minimum atomic E-state index is 0.226. The van der Waals surface area contributed by atoms with E-state index in [-0.39, 0.29) is 6.10 Å². The van der Waals surface area contributed by atoms with Gasteiger partial charge in [0.2, 0.25) is 0 Å². The Morgan fingerprint density at radius 3 is 2.75 bits per heavy atom. The van der Waals surface area contributed by atoms with E-state index in [1.54, 1.807) is 11.3 Å². The lowest BCUT2D eigenvalue weighted by Gasteiger charge is -2.32. The molecule has 0 spiro atoms. The summed E-state index contributed by atoms with van der Waals surface area (Å²) in [6, 6.07) is 11.3. The van der Waals surface area contributed by atoms with Crippen LogP contribution in [0.25, 0.3) is 0 Å². The maximum absolute atomic E-state index is 5.72. The largest absolute Gasteiger partial charge is 0.372 e. The Bertz CT molecular complexity index is 631. The molecule has 0 aliphatic carbocycles. The van der Waals surface area contributed by atoms with Gasteiger partial charge in [0.1, 0.15) is 6.10 Å². The number of piperidine rings is 1. The number of likely N-dealkylation sites (tertiary alicyclic amines) is 1. The first kappa shape index (κ1) is 16.1. The number of nitrogens with zero attached hydrogens (tertiary/aromatic N) is 2. The second-order valence-electron chi connectivity index (χ2n) is 6.76. The van der Waals surface area contributed by atoms with E-state index in [1.807, 2.05) is 0 Å². The Morgan fingerprint density at radius 2 is 2.00 bits per heavy atom. The number of aromatic nitrogens is 1. The van der Waals surface area contributed by atoms with Crippen LogP contribution in [0.5, 0.6) is 0 Å². The fourth-order valence-corrected chi connectivity index (χ4v) is 4.39. The van der Waals surface area contributed by atoms with Gasteiger partial charge in [-0.2, -0.15) is 0 Å². The minimum absolute atomic E-state index is 0.226. The molecule has 2 aliphatic heterocycles. The van der Waals surface area contributed by atoms with E-state index < -0.39 is 0 Å². The average molecular weight is 343 g/mol. The van der Waals surface area contributed by atoms with Gasteiger partial charge in [0.05, 0.1) is 5.69 Å². The molecule has 3 heterocycles. The Balaban J connectivity index is 1.26. The van der Waals surface area contributed by atoms with E-state index >= 15 is 0 Å². The first-order valence-corrected chi connectivity index (χ1v) is 9.84. The summed E-state index contributed by atoms with van der Waals surface area (Å²) in [6.07, 6.45) is 4.86. The van der Waals surface area contributed by atoms with E-state index in [0.29, 0.717) is 6.04 Å². The molecule has 1 atom stereocenters. The summed E-state index contributed by atoms with van der Waals surface area (Å²) in [5.41, 5.74) is 2.52. The zero-order valence-corrected chi connectivity index (χ0v) is 14.8. The molecule has 1 unspecified atom stereocenters. The number of thiazole rings is 1. The summed E-state index contributed by atoms with van der Waals surface area (Å²) in [4.78, 5) is 7.29. The zero-order valence-electron chi connectivity index (χ0n) is 14.0. The maximum Gasteiger partial charge on any atom is 0.183 e. The summed E-state index contributed by atoms with van der Waals surface area (Å²) in [6.45, 7) is 4.24.